The third kappa shape index (κ3) is 2.86. The molecule has 1 aromatic carbocycles. The van der Waals surface area contributed by atoms with Crippen LogP contribution >= 0.6 is 0 Å². The third-order valence-electron chi connectivity index (χ3n) is 3.59. The number of rotatable bonds is 4. The van der Waals surface area contributed by atoms with Crippen LogP contribution in [0.5, 0.6) is 0 Å². The lowest BCUT2D eigenvalue weighted by molar-refractivity contribution is 0.0698. The smallest absolute Gasteiger partial charge is 0.337 e. The van der Waals surface area contributed by atoms with E-state index in [2.05, 4.69) is 0 Å². The first-order valence-electron chi connectivity index (χ1n) is 6.61. The lowest BCUT2D eigenvalue weighted by Crippen LogP contribution is -2.38. The highest BCUT2D eigenvalue weighted by Crippen LogP contribution is 2.32. The highest BCUT2D eigenvalue weighted by molar-refractivity contribution is 5.97. The molecule has 2 atom stereocenters. The van der Waals surface area contributed by atoms with Crippen LogP contribution in [0.2, 0.25) is 0 Å². The summed E-state index contributed by atoms with van der Waals surface area (Å²) in [5.74, 6) is -1.03. The van der Waals surface area contributed by atoms with Crippen LogP contribution in [-0.4, -0.2) is 60.4 Å². The molecular formula is C14H21N3O3. The average molecular weight is 279 g/mol. The first kappa shape index (κ1) is 14.6. The number of aromatic carboxylic acids is 1. The number of nitrogen functional groups attached to an aromatic ring is 1. The second-order valence-corrected chi connectivity index (χ2v) is 5.50. The normalized spacial score (nSPS) is 22.5. The van der Waals surface area contributed by atoms with E-state index in [0.29, 0.717) is 18.7 Å². The number of nitrogens with two attached hydrogens (primary N) is 1. The molecule has 0 amide bonds. The van der Waals surface area contributed by atoms with E-state index in [9.17, 15) is 9.90 Å². The third-order valence-corrected chi connectivity index (χ3v) is 3.59. The summed E-state index contributed by atoms with van der Waals surface area (Å²) in [4.78, 5) is 15.2. The minimum absolute atomic E-state index is 0.104. The maximum absolute atomic E-state index is 11.2. The SMILES string of the molecule is CN(C)CC1CC(O)CN1c1cccc(C(=O)O)c1N. The Morgan fingerprint density at radius 1 is 1.50 bits per heavy atom. The van der Waals surface area contributed by atoms with Crippen molar-refractivity contribution in [2.45, 2.75) is 18.6 Å². The topological polar surface area (TPSA) is 90.0 Å². The first-order chi connectivity index (χ1) is 9.40. The van der Waals surface area contributed by atoms with Crippen molar-refractivity contribution >= 4 is 17.3 Å². The largest absolute Gasteiger partial charge is 0.478 e. The number of likely N-dealkylation sites (N-methyl/N-ethyl adjacent to an activating group) is 1. The zero-order valence-electron chi connectivity index (χ0n) is 11.8. The first-order valence-corrected chi connectivity index (χ1v) is 6.61. The zero-order valence-corrected chi connectivity index (χ0v) is 11.8. The van der Waals surface area contributed by atoms with E-state index in [1.807, 2.05) is 30.0 Å². The fourth-order valence-electron chi connectivity index (χ4n) is 2.77. The summed E-state index contributed by atoms with van der Waals surface area (Å²) in [7, 11) is 3.94. The molecule has 6 heteroatoms. The molecule has 20 heavy (non-hydrogen) atoms. The minimum Gasteiger partial charge on any atom is -0.478 e. The monoisotopic (exact) mass is 279 g/mol. The Kier molecular flexibility index (Phi) is 4.15. The maximum atomic E-state index is 11.2. The van der Waals surface area contributed by atoms with Crippen LogP contribution < -0.4 is 10.6 Å². The maximum Gasteiger partial charge on any atom is 0.337 e. The average Bonchev–Trinajstić information content (AvgIpc) is 2.69. The molecule has 1 aliphatic rings. The molecule has 0 aromatic heterocycles. The molecular weight excluding hydrogens is 258 g/mol. The van der Waals surface area contributed by atoms with Crippen molar-refractivity contribution in [2.75, 3.05) is 37.8 Å². The van der Waals surface area contributed by atoms with Crippen LogP contribution in [0.1, 0.15) is 16.8 Å². The van der Waals surface area contributed by atoms with Crippen LogP contribution in [0.4, 0.5) is 11.4 Å². The number of benzene rings is 1. The van der Waals surface area contributed by atoms with E-state index in [0.717, 1.165) is 6.54 Å². The number of anilines is 2. The highest BCUT2D eigenvalue weighted by Gasteiger charge is 2.32. The molecule has 1 aromatic rings. The van der Waals surface area contributed by atoms with Gasteiger partial charge in [0.2, 0.25) is 0 Å². The van der Waals surface area contributed by atoms with Gasteiger partial charge in [-0.05, 0) is 32.6 Å². The van der Waals surface area contributed by atoms with Gasteiger partial charge in [0.1, 0.15) is 0 Å². The van der Waals surface area contributed by atoms with Crippen molar-refractivity contribution in [1.29, 1.82) is 0 Å². The van der Waals surface area contributed by atoms with E-state index in [4.69, 9.17) is 10.8 Å². The number of carbonyl (C=O) groups is 1. The van der Waals surface area contributed by atoms with Crippen LogP contribution in [0.3, 0.4) is 0 Å². The summed E-state index contributed by atoms with van der Waals surface area (Å²) in [6, 6.07) is 5.12. The summed E-state index contributed by atoms with van der Waals surface area (Å²) in [5, 5.41) is 19.0. The van der Waals surface area contributed by atoms with Gasteiger partial charge < -0.3 is 25.7 Å². The number of aliphatic hydroxyl groups excluding tert-OH is 1. The van der Waals surface area contributed by atoms with E-state index >= 15 is 0 Å². The summed E-state index contributed by atoms with van der Waals surface area (Å²) < 4.78 is 0. The number of β-amino-alcohol motifs (C(OH)–C–C–N with tert-alkyl or cyclic N) is 1. The van der Waals surface area contributed by atoms with Gasteiger partial charge in [-0.15, -0.1) is 0 Å². The van der Waals surface area contributed by atoms with Gasteiger partial charge in [0, 0.05) is 19.1 Å². The Hall–Kier alpha value is -1.79. The Labute approximate surface area is 118 Å². The van der Waals surface area contributed by atoms with Crippen molar-refractivity contribution in [3.05, 3.63) is 23.8 Å². The number of nitrogens with zero attached hydrogens (tertiary/aromatic N) is 2. The zero-order chi connectivity index (χ0) is 14.9. The Balaban J connectivity index is 2.34. The van der Waals surface area contributed by atoms with Crippen LogP contribution in [0, 0.1) is 0 Å². The summed E-state index contributed by atoms with van der Waals surface area (Å²) in [6.07, 6.45) is 0.252. The number of carboxylic acids is 1. The Morgan fingerprint density at radius 2 is 2.20 bits per heavy atom. The molecule has 1 saturated heterocycles. The van der Waals surface area contributed by atoms with Crippen molar-refractivity contribution in [1.82, 2.24) is 4.90 Å². The number of hydrogen-bond donors (Lipinski definition) is 3. The molecule has 2 unspecified atom stereocenters. The Bertz CT molecular complexity index is 504. The fourth-order valence-corrected chi connectivity index (χ4v) is 2.77. The fraction of sp³-hybridized carbons (Fsp3) is 0.500. The van der Waals surface area contributed by atoms with E-state index in [-0.39, 0.29) is 17.3 Å². The van der Waals surface area contributed by atoms with Crippen LogP contribution in [-0.2, 0) is 0 Å². The molecule has 2 rings (SSSR count). The summed E-state index contributed by atoms with van der Waals surface area (Å²) in [5.41, 5.74) is 7.04. The van der Waals surface area contributed by atoms with E-state index in [1.165, 1.54) is 6.07 Å². The van der Waals surface area contributed by atoms with Crippen molar-refractivity contribution < 1.29 is 15.0 Å². The molecule has 0 aliphatic carbocycles. The van der Waals surface area contributed by atoms with Crippen molar-refractivity contribution in [3.63, 3.8) is 0 Å². The number of hydrogen-bond acceptors (Lipinski definition) is 5. The van der Waals surface area contributed by atoms with Gasteiger partial charge in [-0.2, -0.15) is 0 Å². The molecule has 0 saturated carbocycles. The van der Waals surface area contributed by atoms with Crippen LogP contribution in [0.15, 0.2) is 18.2 Å². The van der Waals surface area contributed by atoms with E-state index in [1.54, 1.807) is 6.07 Å². The predicted molar refractivity (Wildman–Crippen MR) is 78.1 cm³/mol. The van der Waals surface area contributed by atoms with Gasteiger partial charge in [-0.25, -0.2) is 4.79 Å². The lowest BCUT2D eigenvalue weighted by Gasteiger charge is -2.30. The predicted octanol–water partition coefficient (Wildman–Crippen LogP) is 0.468. The lowest BCUT2D eigenvalue weighted by atomic mass is 10.1. The molecule has 1 heterocycles. The molecule has 0 spiro atoms. The second-order valence-electron chi connectivity index (χ2n) is 5.50. The summed E-state index contributed by atoms with van der Waals surface area (Å²) in [6.45, 7) is 1.26. The minimum atomic E-state index is -1.03. The molecule has 4 N–H and O–H groups in total. The number of carboxylic acid groups (broad SMARTS) is 1. The Morgan fingerprint density at radius 3 is 2.80 bits per heavy atom. The molecule has 110 valence electrons. The standard InChI is InChI=1S/C14H21N3O3/c1-16(2)7-9-6-10(18)8-17(9)12-5-3-4-11(13(12)15)14(19)20/h3-5,9-10,18H,6-8,15H2,1-2H3,(H,19,20). The highest BCUT2D eigenvalue weighted by atomic mass is 16.4. The van der Waals surface area contributed by atoms with Gasteiger partial charge in [0.15, 0.2) is 0 Å². The molecule has 1 fully saturated rings. The van der Waals surface area contributed by atoms with Gasteiger partial charge in [-0.3, -0.25) is 0 Å². The molecule has 6 nitrogen and oxygen atoms in total. The summed E-state index contributed by atoms with van der Waals surface area (Å²) >= 11 is 0. The molecule has 0 bridgehead atoms. The molecule has 1 aliphatic heterocycles. The van der Waals surface area contributed by atoms with Gasteiger partial charge in [0.05, 0.1) is 23.0 Å². The van der Waals surface area contributed by atoms with Crippen molar-refractivity contribution in [2.24, 2.45) is 0 Å². The quantitative estimate of drug-likeness (QED) is 0.694. The molecule has 0 radical (unpaired) electrons. The van der Waals surface area contributed by atoms with Gasteiger partial charge >= 0.3 is 5.97 Å². The number of para-hydroxylation sites is 1. The van der Waals surface area contributed by atoms with E-state index < -0.39 is 12.1 Å². The second kappa shape index (κ2) is 5.68. The van der Waals surface area contributed by atoms with Gasteiger partial charge in [-0.1, -0.05) is 6.07 Å². The van der Waals surface area contributed by atoms with Gasteiger partial charge in [0.25, 0.3) is 0 Å². The van der Waals surface area contributed by atoms with Crippen molar-refractivity contribution in [3.8, 4) is 0 Å². The van der Waals surface area contributed by atoms with Crippen LogP contribution in [0.25, 0.3) is 0 Å². The number of aliphatic hydroxyl groups is 1.